The number of aliphatic hydroxyl groups excluding tert-OH is 2. The average molecular weight is 465 g/mol. The maximum atomic E-state index is 13.2. The first-order valence-electron chi connectivity index (χ1n) is 12.9. The summed E-state index contributed by atoms with van der Waals surface area (Å²) in [7, 11) is 0. The zero-order valence-electron chi connectivity index (χ0n) is 21.0. The number of allylic oxidation sites excluding steroid dienone is 1. The predicted octanol–water partition coefficient (Wildman–Crippen LogP) is 2.88. The van der Waals surface area contributed by atoms with Crippen molar-refractivity contribution in [2.24, 2.45) is 28.6 Å². The van der Waals surface area contributed by atoms with Gasteiger partial charge in [-0.1, -0.05) is 13.8 Å². The Balaban J connectivity index is 1.65. The van der Waals surface area contributed by atoms with E-state index in [9.17, 15) is 30.3 Å². The Bertz CT molecular complexity index is 827. The first-order chi connectivity index (χ1) is 15.1. The Kier molecular flexibility index (Phi) is 6.03. The highest BCUT2D eigenvalue weighted by Gasteiger charge is 2.68. The summed E-state index contributed by atoms with van der Waals surface area (Å²) in [4.78, 5) is 13.2. The third kappa shape index (κ3) is 3.76. The van der Waals surface area contributed by atoms with E-state index in [4.69, 9.17) is 0 Å². The van der Waals surface area contributed by atoms with Crippen molar-refractivity contribution in [3.63, 3.8) is 0 Å². The van der Waals surface area contributed by atoms with E-state index in [-0.39, 0.29) is 35.4 Å². The molecular weight excluding hydrogens is 420 g/mol. The smallest absolute Gasteiger partial charge is 0.159 e. The van der Waals surface area contributed by atoms with Crippen LogP contribution >= 0.6 is 0 Å². The van der Waals surface area contributed by atoms with E-state index in [1.807, 2.05) is 6.92 Å². The maximum Gasteiger partial charge on any atom is 0.159 e. The van der Waals surface area contributed by atoms with Gasteiger partial charge in [0.1, 0.15) is 0 Å². The maximum absolute atomic E-state index is 13.2. The highest BCUT2D eigenvalue weighted by molar-refractivity contribution is 5.95. The van der Waals surface area contributed by atoms with Crippen LogP contribution in [-0.2, 0) is 4.79 Å². The van der Waals surface area contributed by atoms with Crippen molar-refractivity contribution in [1.29, 1.82) is 0 Å². The molecule has 188 valence electrons. The molecule has 0 aromatic heterocycles. The van der Waals surface area contributed by atoms with Gasteiger partial charge in [-0.25, -0.2) is 0 Å². The zero-order chi connectivity index (χ0) is 24.6. The van der Waals surface area contributed by atoms with E-state index in [1.165, 1.54) is 0 Å². The molecule has 0 bridgehead atoms. The van der Waals surface area contributed by atoms with E-state index in [0.29, 0.717) is 38.5 Å². The van der Waals surface area contributed by atoms with Gasteiger partial charge in [0.2, 0.25) is 0 Å². The normalized spacial score (nSPS) is 46.0. The lowest BCUT2D eigenvalue weighted by Gasteiger charge is -2.60. The molecule has 0 aliphatic heterocycles. The summed E-state index contributed by atoms with van der Waals surface area (Å²) in [5, 5.41) is 55.0. The van der Waals surface area contributed by atoms with Crippen molar-refractivity contribution in [2.45, 2.75) is 121 Å². The van der Waals surface area contributed by atoms with Crippen LogP contribution in [0.1, 0.15) is 92.4 Å². The quantitative estimate of drug-likeness (QED) is 0.427. The second-order valence-corrected chi connectivity index (χ2v) is 13.0. The highest BCUT2D eigenvalue weighted by atomic mass is 16.3. The fraction of sp³-hybridized carbons (Fsp3) is 0.889. The molecule has 0 spiro atoms. The van der Waals surface area contributed by atoms with Crippen LogP contribution in [0.2, 0.25) is 0 Å². The molecule has 0 heterocycles. The van der Waals surface area contributed by atoms with Crippen molar-refractivity contribution >= 4 is 5.78 Å². The molecular formula is C27H44O6. The van der Waals surface area contributed by atoms with Crippen molar-refractivity contribution in [2.75, 3.05) is 0 Å². The van der Waals surface area contributed by atoms with Gasteiger partial charge in [-0.2, -0.15) is 0 Å². The molecule has 6 nitrogen and oxygen atoms in total. The summed E-state index contributed by atoms with van der Waals surface area (Å²) in [6, 6.07) is 0. The number of fused-ring (bicyclic) bond motifs is 5. The number of hydrogen-bond acceptors (Lipinski definition) is 6. The van der Waals surface area contributed by atoms with Crippen LogP contribution in [0.25, 0.3) is 0 Å². The molecule has 0 radical (unpaired) electrons. The van der Waals surface area contributed by atoms with Crippen LogP contribution < -0.4 is 0 Å². The topological polar surface area (TPSA) is 118 Å². The monoisotopic (exact) mass is 464 g/mol. The van der Waals surface area contributed by atoms with Gasteiger partial charge in [-0.3, -0.25) is 4.79 Å². The predicted molar refractivity (Wildman–Crippen MR) is 125 cm³/mol. The van der Waals surface area contributed by atoms with Gasteiger partial charge in [0.25, 0.3) is 0 Å². The summed E-state index contributed by atoms with van der Waals surface area (Å²) in [5.41, 5.74) is -3.64. The Labute approximate surface area is 198 Å². The van der Waals surface area contributed by atoms with Crippen molar-refractivity contribution < 1.29 is 30.3 Å². The third-order valence-electron chi connectivity index (χ3n) is 10.5. The van der Waals surface area contributed by atoms with E-state index in [0.717, 1.165) is 18.4 Å². The van der Waals surface area contributed by atoms with Gasteiger partial charge in [0.05, 0.1) is 29.0 Å². The second-order valence-electron chi connectivity index (χ2n) is 13.0. The van der Waals surface area contributed by atoms with Crippen molar-refractivity contribution in [1.82, 2.24) is 0 Å². The summed E-state index contributed by atoms with van der Waals surface area (Å²) in [5.74, 6) is -0.426. The lowest BCUT2D eigenvalue weighted by molar-refractivity contribution is -0.172. The summed E-state index contributed by atoms with van der Waals surface area (Å²) < 4.78 is 0. The van der Waals surface area contributed by atoms with E-state index >= 15 is 0 Å². The molecule has 3 fully saturated rings. The SMILES string of the molecule is CC(C)(O)CC[C@@H](O)[C@](C)(O)[C@H]1CC[C@@]2(O)C3=CC(=O)[C@@H]4C[C@@H](O)CC[C@]4(C)C3CC[C@]12C. The molecule has 0 amide bonds. The van der Waals surface area contributed by atoms with Crippen LogP contribution in [0, 0.1) is 28.6 Å². The lowest BCUT2D eigenvalue weighted by atomic mass is 9.46. The Morgan fingerprint density at radius 3 is 2.36 bits per heavy atom. The van der Waals surface area contributed by atoms with Gasteiger partial charge in [-0.15, -0.1) is 0 Å². The number of hydrogen-bond donors (Lipinski definition) is 5. The standard InChI is InChI=1S/C27H44O6/c1-23(2,31)10-9-22(30)26(5,32)21-8-13-27(33)18-15-20(29)19-14-16(28)6-11-24(19,3)17(18)7-12-25(21,27)4/h15-17,19,21-22,28,30-33H,6-14H2,1-5H3/t16-,17?,19-,21-,22+,24+,25+,26+,27+/m0/s1. The minimum atomic E-state index is -1.42. The van der Waals surface area contributed by atoms with E-state index < -0.39 is 34.4 Å². The second kappa shape index (κ2) is 7.86. The molecule has 4 aliphatic rings. The van der Waals surface area contributed by atoms with Gasteiger partial charge in [0, 0.05) is 11.3 Å². The summed E-state index contributed by atoms with van der Waals surface area (Å²) in [6.45, 7) is 9.22. The fourth-order valence-corrected chi connectivity index (χ4v) is 8.27. The molecule has 0 saturated heterocycles. The van der Waals surface area contributed by atoms with Gasteiger partial charge >= 0.3 is 0 Å². The van der Waals surface area contributed by atoms with Crippen LogP contribution in [-0.4, -0.2) is 60.3 Å². The van der Waals surface area contributed by atoms with Crippen LogP contribution in [0.15, 0.2) is 11.6 Å². The number of ketones is 1. The molecule has 4 aliphatic carbocycles. The van der Waals surface area contributed by atoms with Crippen LogP contribution in [0.5, 0.6) is 0 Å². The third-order valence-corrected chi connectivity index (χ3v) is 10.5. The molecule has 0 aromatic rings. The van der Waals surface area contributed by atoms with Gasteiger partial charge in [-0.05, 0) is 107 Å². The number of carbonyl (C=O) groups excluding carboxylic acids is 1. The lowest BCUT2D eigenvalue weighted by Crippen LogP contribution is -2.62. The Morgan fingerprint density at radius 2 is 1.73 bits per heavy atom. The molecule has 3 saturated carbocycles. The van der Waals surface area contributed by atoms with E-state index in [2.05, 4.69) is 6.92 Å². The summed E-state index contributed by atoms with van der Waals surface area (Å²) in [6.07, 6.45) is 5.38. The zero-order valence-corrected chi connectivity index (χ0v) is 21.0. The number of aliphatic hydroxyl groups is 5. The number of carbonyl (C=O) groups is 1. The molecule has 4 rings (SSSR count). The van der Waals surface area contributed by atoms with Gasteiger partial charge in [0.15, 0.2) is 5.78 Å². The minimum absolute atomic E-state index is 0.0144. The fourth-order valence-electron chi connectivity index (χ4n) is 8.27. The van der Waals surface area contributed by atoms with Crippen molar-refractivity contribution in [3.05, 3.63) is 11.6 Å². The van der Waals surface area contributed by atoms with Crippen LogP contribution in [0.4, 0.5) is 0 Å². The van der Waals surface area contributed by atoms with Gasteiger partial charge < -0.3 is 25.5 Å². The first-order valence-corrected chi connectivity index (χ1v) is 12.9. The van der Waals surface area contributed by atoms with Crippen molar-refractivity contribution in [3.8, 4) is 0 Å². The molecule has 33 heavy (non-hydrogen) atoms. The van der Waals surface area contributed by atoms with E-state index in [1.54, 1.807) is 26.8 Å². The largest absolute Gasteiger partial charge is 0.393 e. The summed E-state index contributed by atoms with van der Waals surface area (Å²) >= 11 is 0. The first kappa shape index (κ1) is 25.3. The molecule has 5 N–H and O–H groups in total. The molecule has 1 unspecified atom stereocenters. The number of rotatable bonds is 5. The van der Waals surface area contributed by atoms with Crippen LogP contribution in [0.3, 0.4) is 0 Å². The molecule has 6 heteroatoms. The minimum Gasteiger partial charge on any atom is -0.393 e. The average Bonchev–Trinajstić information content (AvgIpc) is 2.99. The Hall–Kier alpha value is -0.790. The molecule has 0 aromatic carbocycles. The Morgan fingerprint density at radius 1 is 1.06 bits per heavy atom. The highest BCUT2D eigenvalue weighted by Crippen LogP contribution is 2.68. The molecule has 9 atom stereocenters.